The number of nitrogens with zero attached hydrogens (tertiary/aromatic N) is 3. The second kappa shape index (κ2) is 6.44. The molecular weight excluding hydrogens is 288 g/mol. The first kappa shape index (κ1) is 15.6. The molecular formula is C18H24N4O. The number of hydrogen-bond acceptors (Lipinski definition) is 3. The van der Waals surface area contributed by atoms with Crippen molar-refractivity contribution in [1.29, 1.82) is 0 Å². The molecule has 2 heterocycles. The van der Waals surface area contributed by atoms with Crippen molar-refractivity contribution in [2.45, 2.75) is 46.2 Å². The molecule has 2 aromatic rings. The molecule has 1 atom stereocenters. The van der Waals surface area contributed by atoms with Crippen LogP contribution in [0.2, 0.25) is 0 Å². The molecule has 1 amide bonds. The van der Waals surface area contributed by atoms with Crippen LogP contribution in [0, 0.1) is 13.8 Å². The van der Waals surface area contributed by atoms with Crippen molar-refractivity contribution in [3.05, 3.63) is 42.0 Å². The van der Waals surface area contributed by atoms with E-state index in [4.69, 9.17) is 0 Å². The summed E-state index contributed by atoms with van der Waals surface area (Å²) in [5, 5.41) is 3.50. The fourth-order valence-electron chi connectivity index (χ4n) is 3.01. The van der Waals surface area contributed by atoms with Gasteiger partial charge in [0.1, 0.15) is 0 Å². The van der Waals surface area contributed by atoms with Gasteiger partial charge < -0.3 is 14.8 Å². The lowest BCUT2D eigenvalue weighted by molar-refractivity contribution is -0.117. The van der Waals surface area contributed by atoms with Gasteiger partial charge in [0.2, 0.25) is 5.91 Å². The van der Waals surface area contributed by atoms with Crippen LogP contribution in [0.3, 0.4) is 0 Å². The monoisotopic (exact) mass is 312 g/mol. The summed E-state index contributed by atoms with van der Waals surface area (Å²) < 4.78 is 2.17. The molecule has 122 valence electrons. The molecule has 5 heteroatoms. The molecule has 0 spiro atoms. The Balaban J connectivity index is 1.61. The van der Waals surface area contributed by atoms with Gasteiger partial charge in [-0.3, -0.25) is 4.79 Å². The van der Waals surface area contributed by atoms with Crippen LogP contribution in [0.5, 0.6) is 0 Å². The van der Waals surface area contributed by atoms with Gasteiger partial charge in [-0.25, -0.2) is 4.98 Å². The van der Waals surface area contributed by atoms with Gasteiger partial charge in [-0.2, -0.15) is 0 Å². The van der Waals surface area contributed by atoms with Crippen LogP contribution in [-0.4, -0.2) is 28.0 Å². The predicted octanol–water partition coefficient (Wildman–Crippen LogP) is 3.13. The van der Waals surface area contributed by atoms with E-state index in [1.165, 1.54) is 5.69 Å². The molecule has 0 saturated carbocycles. The number of aryl methyl sites for hydroxylation is 1. The minimum Gasteiger partial charge on any atom is -0.381 e. The number of aromatic nitrogens is 2. The van der Waals surface area contributed by atoms with Crippen LogP contribution in [0.4, 0.5) is 11.4 Å². The molecule has 1 saturated heterocycles. The normalized spacial score (nSPS) is 16.0. The number of nitrogens with one attached hydrogen (secondary N) is 1. The lowest BCUT2D eigenvalue weighted by Gasteiger charge is -2.19. The third-order valence-electron chi connectivity index (χ3n) is 4.48. The summed E-state index contributed by atoms with van der Waals surface area (Å²) in [5.41, 5.74) is 4.35. The van der Waals surface area contributed by atoms with Gasteiger partial charge in [-0.05, 0) is 51.5 Å². The number of rotatable bonds is 5. The number of anilines is 2. The fraction of sp³-hybridized carbons (Fsp3) is 0.444. The SMILES string of the molecule is Cc1ncn(CC(C)Nc2ccc(N3CCCC3=O)cc2)c1C. The highest BCUT2D eigenvalue weighted by Crippen LogP contribution is 2.23. The standard InChI is InChI=1S/C18H24N4O/c1-13(11-21-12-19-14(2)15(21)3)20-16-6-8-17(9-7-16)22-10-4-5-18(22)23/h6-9,12-13,20H,4-5,10-11H2,1-3H3. The second-order valence-electron chi connectivity index (χ2n) is 6.31. The highest BCUT2D eigenvalue weighted by atomic mass is 16.2. The first-order chi connectivity index (χ1) is 11.0. The van der Waals surface area contributed by atoms with Crippen LogP contribution in [0.15, 0.2) is 30.6 Å². The van der Waals surface area contributed by atoms with E-state index < -0.39 is 0 Å². The van der Waals surface area contributed by atoms with Crippen molar-refractivity contribution < 1.29 is 4.79 Å². The third kappa shape index (κ3) is 3.38. The highest BCUT2D eigenvalue weighted by molar-refractivity contribution is 5.95. The topological polar surface area (TPSA) is 50.2 Å². The Morgan fingerprint density at radius 2 is 2.00 bits per heavy atom. The van der Waals surface area contributed by atoms with Crippen molar-refractivity contribution in [1.82, 2.24) is 9.55 Å². The molecule has 1 aliphatic rings. The van der Waals surface area contributed by atoms with Crippen LogP contribution in [0.25, 0.3) is 0 Å². The number of hydrogen-bond donors (Lipinski definition) is 1. The zero-order valence-corrected chi connectivity index (χ0v) is 14.0. The molecule has 23 heavy (non-hydrogen) atoms. The first-order valence-electron chi connectivity index (χ1n) is 8.20. The highest BCUT2D eigenvalue weighted by Gasteiger charge is 2.21. The molecule has 1 aromatic carbocycles. The molecule has 0 aliphatic carbocycles. The Labute approximate surface area is 137 Å². The lowest BCUT2D eigenvalue weighted by atomic mass is 10.2. The van der Waals surface area contributed by atoms with Crippen molar-refractivity contribution in [3.63, 3.8) is 0 Å². The predicted molar refractivity (Wildman–Crippen MR) is 92.8 cm³/mol. The smallest absolute Gasteiger partial charge is 0.227 e. The largest absolute Gasteiger partial charge is 0.381 e. The van der Waals surface area contributed by atoms with E-state index >= 15 is 0 Å². The number of carbonyl (C=O) groups excluding carboxylic acids is 1. The molecule has 0 bridgehead atoms. The minimum atomic E-state index is 0.227. The van der Waals surface area contributed by atoms with Crippen LogP contribution >= 0.6 is 0 Å². The Morgan fingerprint density at radius 3 is 2.57 bits per heavy atom. The quantitative estimate of drug-likeness (QED) is 0.923. The number of carbonyl (C=O) groups is 1. The zero-order chi connectivity index (χ0) is 16.4. The van der Waals surface area contributed by atoms with Crippen molar-refractivity contribution >= 4 is 17.3 Å². The van der Waals surface area contributed by atoms with Crippen LogP contribution < -0.4 is 10.2 Å². The number of amides is 1. The third-order valence-corrected chi connectivity index (χ3v) is 4.48. The first-order valence-corrected chi connectivity index (χ1v) is 8.20. The summed E-state index contributed by atoms with van der Waals surface area (Å²) in [5.74, 6) is 0.227. The van der Waals surface area contributed by atoms with Gasteiger partial charge in [0.15, 0.2) is 0 Å². The van der Waals surface area contributed by atoms with Crippen LogP contribution in [-0.2, 0) is 11.3 Å². The Kier molecular flexibility index (Phi) is 4.37. The summed E-state index contributed by atoms with van der Waals surface area (Å²) in [6.45, 7) is 7.99. The molecule has 0 radical (unpaired) electrons. The van der Waals surface area contributed by atoms with E-state index in [1.807, 2.05) is 42.4 Å². The molecule has 1 unspecified atom stereocenters. The molecule has 3 rings (SSSR count). The summed E-state index contributed by atoms with van der Waals surface area (Å²) >= 11 is 0. The van der Waals surface area contributed by atoms with E-state index in [9.17, 15) is 4.79 Å². The van der Waals surface area contributed by atoms with Crippen molar-refractivity contribution in [2.75, 3.05) is 16.8 Å². The maximum absolute atomic E-state index is 11.8. The Bertz CT molecular complexity index is 690. The maximum Gasteiger partial charge on any atom is 0.227 e. The van der Waals surface area contributed by atoms with Gasteiger partial charge in [0.05, 0.1) is 12.0 Å². The fourth-order valence-corrected chi connectivity index (χ4v) is 3.01. The summed E-state index contributed by atoms with van der Waals surface area (Å²) in [4.78, 5) is 18.0. The van der Waals surface area contributed by atoms with E-state index in [0.717, 1.165) is 36.6 Å². The van der Waals surface area contributed by atoms with Gasteiger partial charge in [-0.1, -0.05) is 0 Å². The maximum atomic E-state index is 11.8. The van der Waals surface area contributed by atoms with Crippen molar-refractivity contribution in [3.8, 4) is 0 Å². The average molecular weight is 312 g/mol. The summed E-state index contributed by atoms with van der Waals surface area (Å²) in [7, 11) is 0. The Hall–Kier alpha value is -2.30. The average Bonchev–Trinajstić information content (AvgIpc) is 3.09. The van der Waals surface area contributed by atoms with Gasteiger partial charge in [0, 0.05) is 42.6 Å². The molecule has 1 N–H and O–H groups in total. The van der Waals surface area contributed by atoms with Gasteiger partial charge in [-0.15, -0.1) is 0 Å². The second-order valence-corrected chi connectivity index (χ2v) is 6.31. The summed E-state index contributed by atoms with van der Waals surface area (Å²) in [6, 6.07) is 8.42. The lowest BCUT2D eigenvalue weighted by Crippen LogP contribution is -2.24. The van der Waals surface area contributed by atoms with E-state index in [0.29, 0.717) is 12.5 Å². The molecule has 1 fully saturated rings. The van der Waals surface area contributed by atoms with Gasteiger partial charge in [0.25, 0.3) is 0 Å². The number of imidazole rings is 1. The van der Waals surface area contributed by atoms with E-state index in [1.54, 1.807) is 0 Å². The zero-order valence-electron chi connectivity index (χ0n) is 14.0. The van der Waals surface area contributed by atoms with E-state index in [-0.39, 0.29) is 5.91 Å². The minimum absolute atomic E-state index is 0.227. The van der Waals surface area contributed by atoms with Crippen molar-refractivity contribution in [2.24, 2.45) is 0 Å². The van der Waals surface area contributed by atoms with Crippen LogP contribution in [0.1, 0.15) is 31.2 Å². The molecule has 1 aliphatic heterocycles. The van der Waals surface area contributed by atoms with Gasteiger partial charge >= 0.3 is 0 Å². The number of benzene rings is 1. The Morgan fingerprint density at radius 1 is 1.26 bits per heavy atom. The molecule has 5 nitrogen and oxygen atoms in total. The molecule has 1 aromatic heterocycles. The summed E-state index contributed by atoms with van der Waals surface area (Å²) in [6.07, 6.45) is 3.52. The van der Waals surface area contributed by atoms with E-state index in [2.05, 4.69) is 28.7 Å².